The van der Waals surface area contributed by atoms with E-state index in [9.17, 15) is 18.8 Å². The van der Waals surface area contributed by atoms with E-state index in [0.29, 0.717) is 5.56 Å². The van der Waals surface area contributed by atoms with Crippen LogP contribution in [0, 0.1) is 5.82 Å². The first-order chi connectivity index (χ1) is 9.81. The molecule has 0 aliphatic heterocycles. The highest BCUT2D eigenvalue weighted by molar-refractivity contribution is 7.98. The summed E-state index contributed by atoms with van der Waals surface area (Å²) < 4.78 is 13.7. The Hall–Kier alpha value is -2.09. The Bertz CT molecular complexity index is 565. The number of carbonyl (C=O) groups is 3. The lowest BCUT2D eigenvalue weighted by atomic mass is 10.1. The number of aliphatic carboxylic acids is 1. The monoisotopic (exact) mass is 314 g/mol. The number of thioether (sulfide) groups is 1. The van der Waals surface area contributed by atoms with Crippen molar-refractivity contribution in [2.45, 2.75) is 18.7 Å². The number of carboxylic acids is 1. The maximum Gasteiger partial charge on any atom is 0.327 e. The van der Waals surface area contributed by atoms with E-state index < -0.39 is 29.6 Å². The molecule has 1 atom stereocenters. The summed E-state index contributed by atoms with van der Waals surface area (Å²) in [7, 11) is 0. The van der Waals surface area contributed by atoms with Crippen molar-refractivity contribution in [1.29, 1.82) is 0 Å². The van der Waals surface area contributed by atoms with E-state index >= 15 is 0 Å². The van der Waals surface area contributed by atoms with Gasteiger partial charge in [-0.2, -0.15) is 11.8 Å². The lowest BCUT2D eigenvalue weighted by Gasteiger charge is -2.13. The third kappa shape index (κ3) is 5.42. The predicted molar refractivity (Wildman–Crippen MR) is 76.3 cm³/mol. The van der Waals surface area contributed by atoms with Crippen LogP contribution in [-0.2, 0) is 15.3 Å². The summed E-state index contributed by atoms with van der Waals surface area (Å²) >= 11 is 1.16. The average molecular weight is 314 g/mol. The second kappa shape index (κ2) is 7.63. The third-order valence-corrected chi connectivity index (χ3v) is 3.64. The summed E-state index contributed by atoms with van der Waals surface area (Å²) in [5, 5.41) is 11.2. The second-order valence-corrected chi connectivity index (χ2v) is 5.31. The van der Waals surface area contributed by atoms with Gasteiger partial charge in [-0.3, -0.25) is 9.59 Å². The van der Waals surface area contributed by atoms with Gasteiger partial charge in [0.25, 0.3) is 0 Å². The summed E-state index contributed by atoms with van der Waals surface area (Å²) in [6.45, 7) is 1.23. The molecule has 1 rings (SSSR count). The van der Waals surface area contributed by atoms with Crippen molar-refractivity contribution in [1.82, 2.24) is 5.32 Å². The predicted octanol–water partition coefficient (Wildman–Crippen LogP) is 0.747. The highest BCUT2D eigenvalue weighted by Crippen LogP contribution is 2.18. The van der Waals surface area contributed by atoms with E-state index in [1.165, 1.54) is 19.1 Å². The molecule has 6 nitrogen and oxygen atoms in total. The van der Waals surface area contributed by atoms with Crippen LogP contribution in [0.3, 0.4) is 0 Å². The van der Waals surface area contributed by atoms with Crippen LogP contribution in [0.25, 0.3) is 0 Å². The molecule has 0 saturated carbocycles. The van der Waals surface area contributed by atoms with Gasteiger partial charge in [-0.15, -0.1) is 0 Å². The maximum absolute atomic E-state index is 13.7. The van der Waals surface area contributed by atoms with Crippen molar-refractivity contribution in [3.8, 4) is 0 Å². The fourth-order valence-corrected chi connectivity index (χ4v) is 2.56. The number of rotatable bonds is 7. The van der Waals surface area contributed by atoms with Gasteiger partial charge in [0.1, 0.15) is 11.9 Å². The van der Waals surface area contributed by atoms with Gasteiger partial charge in [0.05, 0.1) is 0 Å². The highest BCUT2D eigenvalue weighted by atomic mass is 32.2. The fraction of sp³-hybridized carbons (Fsp3) is 0.308. The van der Waals surface area contributed by atoms with Crippen LogP contribution in [0.1, 0.15) is 22.8 Å². The van der Waals surface area contributed by atoms with Crippen molar-refractivity contribution < 1.29 is 23.9 Å². The molecule has 1 aromatic rings. The van der Waals surface area contributed by atoms with E-state index in [4.69, 9.17) is 10.8 Å². The van der Waals surface area contributed by atoms with Crippen molar-refractivity contribution >= 4 is 29.5 Å². The summed E-state index contributed by atoms with van der Waals surface area (Å²) in [5.74, 6) is -2.57. The lowest BCUT2D eigenvalue weighted by molar-refractivity contribution is -0.140. The molecule has 21 heavy (non-hydrogen) atoms. The molecule has 0 fully saturated rings. The van der Waals surface area contributed by atoms with Gasteiger partial charge in [0.15, 0.2) is 0 Å². The van der Waals surface area contributed by atoms with Crippen molar-refractivity contribution in [3.05, 3.63) is 35.1 Å². The Balaban J connectivity index is 2.60. The van der Waals surface area contributed by atoms with Gasteiger partial charge in [-0.05, 0) is 17.7 Å². The van der Waals surface area contributed by atoms with Gasteiger partial charge in [0.2, 0.25) is 11.8 Å². The second-order valence-electron chi connectivity index (χ2n) is 4.28. The Kier molecular flexibility index (Phi) is 6.16. The van der Waals surface area contributed by atoms with Crippen LogP contribution in [0.4, 0.5) is 4.39 Å². The van der Waals surface area contributed by atoms with Gasteiger partial charge in [0, 0.05) is 24.0 Å². The van der Waals surface area contributed by atoms with Crippen LogP contribution in [-0.4, -0.2) is 34.7 Å². The molecule has 114 valence electrons. The zero-order chi connectivity index (χ0) is 16.0. The Morgan fingerprint density at radius 3 is 2.57 bits per heavy atom. The number of primary amides is 1. The number of nitrogens with one attached hydrogen (secondary N) is 1. The number of benzene rings is 1. The van der Waals surface area contributed by atoms with Gasteiger partial charge in [-0.1, -0.05) is 6.07 Å². The Morgan fingerprint density at radius 1 is 1.43 bits per heavy atom. The van der Waals surface area contributed by atoms with E-state index in [2.05, 4.69) is 5.32 Å². The number of halogens is 1. The third-order valence-electron chi connectivity index (χ3n) is 2.56. The normalized spacial score (nSPS) is 11.7. The summed E-state index contributed by atoms with van der Waals surface area (Å²) in [6, 6.07) is 2.85. The highest BCUT2D eigenvalue weighted by Gasteiger charge is 2.18. The number of carboxylic acid groups (broad SMARTS) is 1. The minimum Gasteiger partial charge on any atom is -0.480 e. The van der Waals surface area contributed by atoms with Crippen molar-refractivity contribution in [2.24, 2.45) is 5.73 Å². The minimum atomic E-state index is -1.15. The molecular formula is C13H15FN2O4S. The van der Waals surface area contributed by atoms with Crippen LogP contribution in [0.15, 0.2) is 18.2 Å². The topological polar surface area (TPSA) is 109 Å². The molecule has 0 aliphatic rings. The van der Waals surface area contributed by atoms with Gasteiger partial charge in [-0.25, -0.2) is 9.18 Å². The van der Waals surface area contributed by atoms with E-state index in [1.54, 1.807) is 0 Å². The largest absolute Gasteiger partial charge is 0.480 e. The van der Waals surface area contributed by atoms with Crippen LogP contribution >= 0.6 is 11.8 Å². The number of carbonyl (C=O) groups excluding carboxylic acids is 2. The smallest absolute Gasteiger partial charge is 0.327 e. The van der Waals surface area contributed by atoms with E-state index in [0.717, 1.165) is 17.8 Å². The van der Waals surface area contributed by atoms with Crippen LogP contribution < -0.4 is 11.1 Å². The zero-order valence-corrected chi connectivity index (χ0v) is 12.1. The quantitative estimate of drug-likeness (QED) is 0.688. The molecule has 0 radical (unpaired) electrons. The van der Waals surface area contributed by atoms with Crippen LogP contribution in [0.5, 0.6) is 0 Å². The summed E-state index contributed by atoms with van der Waals surface area (Å²) in [4.78, 5) is 32.7. The average Bonchev–Trinajstić information content (AvgIpc) is 2.38. The van der Waals surface area contributed by atoms with E-state index in [-0.39, 0.29) is 17.1 Å². The van der Waals surface area contributed by atoms with E-state index in [1.807, 2.05) is 0 Å². The summed E-state index contributed by atoms with van der Waals surface area (Å²) in [5.41, 5.74) is 5.44. The maximum atomic E-state index is 13.7. The first-order valence-electron chi connectivity index (χ1n) is 5.97. The van der Waals surface area contributed by atoms with Gasteiger partial charge >= 0.3 is 5.97 Å². The molecule has 0 aliphatic carbocycles. The number of nitrogens with two attached hydrogens (primary N) is 1. The molecule has 2 amide bonds. The lowest BCUT2D eigenvalue weighted by Crippen LogP contribution is -2.41. The molecule has 0 heterocycles. The molecule has 0 aromatic heterocycles. The number of hydrogen-bond donors (Lipinski definition) is 3. The Labute approximate surface area is 124 Å². The SMILES string of the molecule is CC(=O)NC(CSCc1ccc(C(N)=O)cc1F)C(=O)O. The number of hydrogen-bond acceptors (Lipinski definition) is 4. The number of amides is 2. The molecule has 1 unspecified atom stereocenters. The molecular weight excluding hydrogens is 299 g/mol. The minimum absolute atomic E-state index is 0.0721. The molecule has 8 heteroatoms. The standard InChI is InChI=1S/C13H15FN2O4S/c1-7(17)16-11(13(19)20)6-21-5-9-3-2-8(12(15)18)4-10(9)14/h2-4,11H,5-6H2,1H3,(H2,15,18)(H,16,17)(H,19,20). The molecule has 0 bridgehead atoms. The molecule has 4 N–H and O–H groups in total. The first-order valence-corrected chi connectivity index (χ1v) is 7.12. The molecule has 0 spiro atoms. The van der Waals surface area contributed by atoms with Crippen LogP contribution in [0.2, 0.25) is 0 Å². The molecule has 0 saturated heterocycles. The molecule has 1 aromatic carbocycles. The first kappa shape index (κ1) is 17.0. The van der Waals surface area contributed by atoms with Crippen molar-refractivity contribution in [2.75, 3.05) is 5.75 Å². The van der Waals surface area contributed by atoms with Crippen molar-refractivity contribution in [3.63, 3.8) is 0 Å². The fourth-order valence-electron chi connectivity index (χ4n) is 1.52. The Morgan fingerprint density at radius 2 is 2.10 bits per heavy atom. The zero-order valence-electron chi connectivity index (χ0n) is 11.3. The van der Waals surface area contributed by atoms with Gasteiger partial charge < -0.3 is 16.2 Å². The summed E-state index contributed by atoms with van der Waals surface area (Å²) in [6.07, 6.45) is 0.